The summed E-state index contributed by atoms with van der Waals surface area (Å²) in [6, 6.07) is 5.40. The highest BCUT2D eigenvalue weighted by Crippen LogP contribution is 2.22. The first kappa shape index (κ1) is 25.9. The van der Waals surface area contributed by atoms with Crippen LogP contribution in [-0.4, -0.2) is 83.7 Å². The van der Waals surface area contributed by atoms with Gasteiger partial charge in [-0.1, -0.05) is 6.07 Å². The van der Waals surface area contributed by atoms with E-state index in [4.69, 9.17) is 9.47 Å². The van der Waals surface area contributed by atoms with E-state index in [0.29, 0.717) is 39.1 Å². The molecule has 0 atom stereocenters. The lowest BCUT2D eigenvalue weighted by molar-refractivity contribution is 0.0185. The standard InChI is InChI=1S/C21H33N3O7S2/c1-21(2,3)31-20(25)23-9-7-17(8-10-23)16-22-32(26,27)18-5-4-6-19(15-18)33(28,29)24-11-13-30-14-12-24/h4-6,15,17,22H,7-14,16H2,1-3H3. The topological polar surface area (TPSA) is 122 Å². The van der Waals surface area contributed by atoms with Crippen molar-refractivity contribution in [2.45, 2.75) is 49.0 Å². The monoisotopic (exact) mass is 503 g/mol. The van der Waals surface area contributed by atoms with E-state index < -0.39 is 25.6 Å². The van der Waals surface area contributed by atoms with Crippen LogP contribution >= 0.6 is 0 Å². The molecule has 0 bridgehead atoms. The number of rotatable bonds is 6. The Labute approximate surface area is 196 Å². The normalized spacial score (nSPS) is 19.4. The second-order valence-electron chi connectivity index (χ2n) is 9.25. The van der Waals surface area contributed by atoms with Gasteiger partial charge in [0.15, 0.2) is 0 Å². The molecule has 0 saturated carbocycles. The highest BCUT2D eigenvalue weighted by molar-refractivity contribution is 7.90. The van der Waals surface area contributed by atoms with Crippen LogP contribution in [0.4, 0.5) is 4.79 Å². The summed E-state index contributed by atoms with van der Waals surface area (Å²) in [6.45, 7) is 7.74. The Bertz CT molecular complexity index is 1040. The van der Waals surface area contributed by atoms with Crippen LogP contribution in [0.25, 0.3) is 0 Å². The van der Waals surface area contributed by atoms with Crippen molar-refractivity contribution in [2.24, 2.45) is 5.92 Å². The average molecular weight is 504 g/mol. The molecule has 186 valence electrons. The third-order valence-electron chi connectivity index (χ3n) is 5.55. The van der Waals surface area contributed by atoms with Crippen molar-refractivity contribution in [3.8, 4) is 0 Å². The van der Waals surface area contributed by atoms with Crippen molar-refractivity contribution >= 4 is 26.1 Å². The molecule has 0 aromatic heterocycles. The van der Waals surface area contributed by atoms with Crippen LogP contribution in [0.15, 0.2) is 34.1 Å². The van der Waals surface area contributed by atoms with Gasteiger partial charge in [-0.25, -0.2) is 26.4 Å². The van der Waals surface area contributed by atoms with Crippen LogP contribution in [0.1, 0.15) is 33.6 Å². The van der Waals surface area contributed by atoms with Crippen molar-refractivity contribution in [3.05, 3.63) is 24.3 Å². The fraction of sp³-hybridized carbons (Fsp3) is 0.667. The number of hydrogen-bond acceptors (Lipinski definition) is 7. The van der Waals surface area contributed by atoms with Gasteiger partial charge in [-0.3, -0.25) is 0 Å². The molecule has 0 aliphatic carbocycles. The number of ether oxygens (including phenoxy) is 2. The molecule has 10 nitrogen and oxygen atoms in total. The SMILES string of the molecule is CC(C)(C)OC(=O)N1CCC(CNS(=O)(=O)c2cccc(S(=O)(=O)N3CCOCC3)c2)CC1. The Kier molecular flexibility index (Phi) is 8.05. The van der Waals surface area contributed by atoms with Gasteiger partial charge in [-0.15, -0.1) is 0 Å². The highest BCUT2D eigenvalue weighted by Gasteiger charge is 2.29. The lowest BCUT2D eigenvalue weighted by Crippen LogP contribution is -2.43. The summed E-state index contributed by atoms with van der Waals surface area (Å²) < 4.78 is 65.9. The van der Waals surface area contributed by atoms with Crippen LogP contribution in [0.3, 0.4) is 0 Å². The number of piperidine rings is 1. The molecule has 2 fully saturated rings. The number of likely N-dealkylation sites (tertiary alicyclic amines) is 1. The predicted molar refractivity (Wildman–Crippen MR) is 122 cm³/mol. The second-order valence-corrected chi connectivity index (χ2v) is 13.0. The minimum atomic E-state index is -3.89. The van der Waals surface area contributed by atoms with Gasteiger partial charge in [-0.2, -0.15) is 4.31 Å². The van der Waals surface area contributed by atoms with Gasteiger partial charge >= 0.3 is 6.09 Å². The molecule has 2 heterocycles. The fourth-order valence-corrected chi connectivity index (χ4v) is 6.39. The zero-order valence-corrected chi connectivity index (χ0v) is 21.0. The molecule has 33 heavy (non-hydrogen) atoms. The summed E-state index contributed by atoms with van der Waals surface area (Å²) in [7, 11) is -7.69. The summed E-state index contributed by atoms with van der Waals surface area (Å²) in [5.41, 5.74) is -0.562. The van der Waals surface area contributed by atoms with E-state index in [-0.39, 0.29) is 41.4 Å². The Morgan fingerprint density at radius 1 is 1.06 bits per heavy atom. The van der Waals surface area contributed by atoms with E-state index in [1.807, 2.05) is 20.8 Å². The molecular weight excluding hydrogens is 470 g/mol. The molecule has 0 unspecified atom stereocenters. The first-order valence-electron chi connectivity index (χ1n) is 11.0. The van der Waals surface area contributed by atoms with Gasteiger partial charge in [0.05, 0.1) is 23.0 Å². The third-order valence-corrected chi connectivity index (χ3v) is 8.87. The number of hydrogen-bond donors (Lipinski definition) is 1. The number of carbonyl (C=O) groups excluding carboxylic acids is 1. The molecule has 2 aliphatic heterocycles. The summed E-state index contributed by atoms with van der Waals surface area (Å²) in [5, 5.41) is 0. The minimum absolute atomic E-state index is 0.0575. The van der Waals surface area contributed by atoms with E-state index in [2.05, 4.69) is 4.72 Å². The largest absolute Gasteiger partial charge is 0.444 e. The number of nitrogens with one attached hydrogen (secondary N) is 1. The molecule has 3 rings (SSSR count). The number of benzene rings is 1. The van der Waals surface area contributed by atoms with E-state index in [0.717, 1.165) is 0 Å². The van der Waals surface area contributed by atoms with Crippen molar-refractivity contribution in [1.29, 1.82) is 0 Å². The lowest BCUT2D eigenvalue weighted by Gasteiger charge is -2.33. The summed E-state index contributed by atoms with van der Waals surface area (Å²) in [4.78, 5) is 13.7. The van der Waals surface area contributed by atoms with Crippen LogP contribution in [-0.2, 0) is 29.5 Å². The molecule has 12 heteroatoms. The Balaban J connectivity index is 1.58. The molecule has 0 radical (unpaired) electrons. The van der Waals surface area contributed by atoms with Crippen molar-refractivity contribution in [1.82, 2.24) is 13.9 Å². The fourth-order valence-electron chi connectivity index (χ4n) is 3.69. The Morgan fingerprint density at radius 3 is 2.27 bits per heavy atom. The molecular formula is C21H33N3O7S2. The Morgan fingerprint density at radius 2 is 1.67 bits per heavy atom. The maximum absolute atomic E-state index is 12.9. The lowest BCUT2D eigenvalue weighted by atomic mass is 9.97. The first-order valence-corrected chi connectivity index (χ1v) is 14.0. The van der Waals surface area contributed by atoms with Gasteiger partial charge in [0.1, 0.15) is 5.60 Å². The van der Waals surface area contributed by atoms with Gasteiger partial charge in [-0.05, 0) is 57.7 Å². The number of sulfonamides is 2. The van der Waals surface area contributed by atoms with Crippen molar-refractivity contribution in [3.63, 3.8) is 0 Å². The predicted octanol–water partition coefficient (Wildman–Crippen LogP) is 1.63. The highest BCUT2D eigenvalue weighted by atomic mass is 32.2. The molecule has 0 spiro atoms. The van der Waals surface area contributed by atoms with Crippen LogP contribution in [0.2, 0.25) is 0 Å². The van der Waals surface area contributed by atoms with E-state index in [1.165, 1.54) is 28.6 Å². The number of morpholine rings is 1. The molecule has 1 N–H and O–H groups in total. The van der Waals surface area contributed by atoms with Crippen LogP contribution in [0, 0.1) is 5.92 Å². The molecule has 1 aromatic rings. The van der Waals surface area contributed by atoms with Gasteiger partial charge in [0, 0.05) is 32.7 Å². The average Bonchev–Trinajstić information content (AvgIpc) is 2.77. The summed E-state index contributed by atoms with van der Waals surface area (Å²) >= 11 is 0. The molecule has 2 aliphatic rings. The number of nitrogens with zero attached hydrogens (tertiary/aromatic N) is 2. The summed E-state index contributed by atoms with van der Waals surface area (Å²) in [5.74, 6) is 0.0683. The number of carbonyl (C=O) groups is 1. The minimum Gasteiger partial charge on any atom is -0.444 e. The zero-order chi connectivity index (χ0) is 24.3. The second kappa shape index (κ2) is 10.3. The number of amides is 1. The molecule has 1 aromatic carbocycles. The maximum Gasteiger partial charge on any atom is 0.410 e. The Hall–Kier alpha value is -1.73. The maximum atomic E-state index is 12.9. The first-order chi connectivity index (χ1) is 15.4. The van der Waals surface area contributed by atoms with E-state index >= 15 is 0 Å². The van der Waals surface area contributed by atoms with Gasteiger partial charge < -0.3 is 14.4 Å². The quantitative estimate of drug-likeness (QED) is 0.626. The van der Waals surface area contributed by atoms with Gasteiger partial charge in [0.25, 0.3) is 0 Å². The van der Waals surface area contributed by atoms with Crippen molar-refractivity contribution < 1.29 is 31.1 Å². The molecule has 2 saturated heterocycles. The smallest absolute Gasteiger partial charge is 0.410 e. The third kappa shape index (κ3) is 6.89. The zero-order valence-electron chi connectivity index (χ0n) is 19.3. The van der Waals surface area contributed by atoms with Crippen LogP contribution < -0.4 is 4.72 Å². The van der Waals surface area contributed by atoms with Crippen LogP contribution in [0.5, 0.6) is 0 Å². The van der Waals surface area contributed by atoms with Gasteiger partial charge in [0.2, 0.25) is 20.0 Å². The van der Waals surface area contributed by atoms with E-state index in [9.17, 15) is 21.6 Å². The molecule has 1 amide bonds. The summed E-state index contributed by atoms with van der Waals surface area (Å²) in [6.07, 6.45) is 0.931. The van der Waals surface area contributed by atoms with E-state index in [1.54, 1.807) is 4.90 Å². The van der Waals surface area contributed by atoms with Crippen molar-refractivity contribution in [2.75, 3.05) is 45.9 Å².